The molecule has 29 heavy (non-hydrogen) atoms. The van der Waals surface area contributed by atoms with Gasteiger partial charge in [-0.05, 0) is 24.3 Å². The molecule has 3 aromatic rings. The number of rotatable bonds is 7. The van der Waals surface area contributed by atoms with Crippen molar-refractivity contribution >= 4 is 28.8 Å². The predicted molar refractivity (Wildman–Crippen MR) is 104 cm³/mol. The van der Waals surface area contributed by atoms with Gasteiger partial charge in [0, 0.05) is 17.8 Å². The maximum Gasteiger partial charge on any atom is 0.268 e. The summed E-state index contributed by atoms with van der Waals surface area (Å²) in [5, 5.41) is 21.2. The number of carbonyl (C=O) groups excluding carboxylic acids is 1. The first-order valence-corrected chi connectivity index (χ1v) is 9.62. The molecule has 3 rings (SSSR count). The van der Waals surface area contributed by atoms with Crippen LogP contribution in [0.2, 0.25) is 5.02 Å². The van der Waals surface area contributed by atoms with Gasteiger partial charge in [-0.25, -0.2) is 13.8 Å². The van der Waals surface area contributed by atoms with Gasteiger partial charge < -0.3 is 26.2 Å². The van der Waals surface area contributed by atoms with E-state index >= 15 is 0 Å². The summed E-state index contributed by atoms with van der Waals surface area (Å²) in [5.41, 5.74) is 6.74. The average molecular weight is 443 g/mol. The number of hydrogen-bond acceptors (Lipinski definition) is 6. The Labute approximate surface area is 173 Å². The number of benzene rings is 1. The van der Waals surface area contributed by atoms with E-state index in [-0.39, 0.29) is 31.0 Å². The van der Waals surface area contributed by atoms with E-state index in [0.717, 1.165) is 23.5 Å². The summed E-state index contributed by atoms with van der Waals surface area (Å²) in [4.78, 5) is 20.1. The molecule has 0 spiro atoms. The van der Waals surface area contributed by atoms with Gasteiger partial charge in [0.25, 0.3) is 5.91 Å². The van der Waals surface area contributed by atoms with Crippen LogP contribution in [0, 0.1) is 11.6 Å². The molecule has 6 N–H and O–H groups in total. The number of nitrogens with one attached hydrogen (secondary N) is 2. The average Bonchev–Trinajstić information content (AvgIpc) is 3.36. The molecule has 2 heterocycles. The van der Waals surface area contributed by atoms with Gasteiger partial charge in [0.1, 0.15) is 27.4 Å². The normalized spacial score (nSPS) is 12.2. The third-order valence-electron chi connectivity index (χ3n) is 4.15. The minimum Gasteiger partial charge on any atom is -0.391 e. The van der Waals surface area contributed by atoms with Gasteiger partial charge in [-0.15, -0.1) is 11.3 Å². The minimum absolute atomic E-state index is 0.0379. The summed E-state index contributed by atoms with van der Waals surface area (Å²) in [6, 6.07) is 4.44. The van der Waals surface area contributed by atoms with Gasteiger partial charge in [-0.1, -0.05) is 11.6 Å². The second kappa shape index (κ2) is 8.97. The van der Waals surface area contributed by atoms with Crippen molar-refractivity contribution in [1.82, 2.24) is 15.3 Å². The molecule has 0 aliphatic rings. The van der Waals surface area contributed by atoms with Crippen LogP contribution in [0.5, 0.6) is 0 Å². The topological polar surface area (TPSA) is 124 Å². The summed E-state index contributed by atoms with van der Waals surface area (Å²) >= 11 is 6.62. The Morgan fingerprint density at radius 3 is 2.52 bits per heavy atom. The lowest BCUT2D eigenvalue weighted by Gasteiger charge is -2.13. The third kappa shape index (κ3) is 4.46. The summed E-state index contributed by atoms with van der Waals surface area (Å²) in [6.07, 6.45) is 0. The molecule has 0 radical (unpaired) electrons. The van der Waals surface area contributed by atoms with E-state index in [1.54, 1.807) is 0 Å². The molecule has 7 nitrogen and oxygen atoms in total. The summed E-state index contributed by atoms with van der Waals surface area (Å²) in [6.45, 7) is -0.588. The highest BCUT2D eigenvalue weighted by Gasteiger charge is 2.21. The van der Waals surface area contributed by atoms with Gasteiger partial charge in [0.15, 0.2) is 0 Å². The zero-order valence-corrected chi connectivity index (χ0v) is 16.4. The van der Waals surface area contributed by atoms with Crippen LogP contribution in [-0.2, 0) is 13.2 Å². The summed E-state index contributed by atoms with van der Waals surface area (Å²) < 4.78 is 27.3. The number of halogens is 3. The van der Waals surface area contributed by atoms with Gasteiger partial charge in [0.2, 0.25) is 0 Å². The highest BCUT2D eigenvalue weighted by molar-refractivity contribution is 7.11. The molecule has 1 amide bonds. The molecular weight excluding hydrogens is 426 g/mol. The molecule has 0 fully saturated rings. The van der Waals surface area contributed by atoms with Crippen LogP contribution in [0.1, 0.15) is 32.1 Å². The highest BCUT2D eigenvalue weighted by Crippen LogP contribution is 2.27. The first-order valence-electron chi connectivity index (χ1n) is 8.43. The fourth-order valence-electron chi connectivity index (χ4n) is 2.66. The van der Waals surface area contributed by atoms with Gasteiger partial charge in [-0.2, -0.15) is 0 Å². The Bertz CT molecular complexity index is 996. The maximum atomic E-state index is 13.7. The van der Waals surface area contributed by atoms with Crippen LogP contribution in [0.15, 0.2) is 24.3 Å². The molecule has 1 aromatic carbocycles. The zero-order valence-electron chi connectivity index (χ0n) is 14.9. The minimum atomic E-state index is -0.909. The monoisotopic (exact) mass is 442 g/mol. The highest BCUT2D eigenvalue weighted by atomic mass is 35.5. The number of aliphatic hydroxyl groups is 2. The summed E-state index contributed by atoms with van der Waals surface area (Å²) in [7, 11) is 0. The number of aliphatic hydroxyl groups excluding tert-OH is 2. The fourth-order valence-corrected chi connectivity index (χ4v) is 3.77. The van der Waals surface area contributed by atoms with E-state index < -0.39 is 28.6 Å². The molecular formula is C18H17ClF2N4O3S. The maximum absolute atomic E-state index is 13.7. The number of nitrogens with zero attached hydrogens (tertiary/aromatic N) is 1. The first-order chi connectivity index (χ1) is 13.9. The Morgan fingerprint density at radius 2 is 1.97 bits per heavy atom. The van der Waals surface area contributed by atoms with Crippen LogP contribution >= 0.6 is 22.9 Å². The molecule has 0 saturated heterocycles. The fraction of sp³-hybridized carbons (Fsp3) is 0.222. The van der Waals surface area contributed by atoms with Crippen molar-refractivity contribution in [2.75, 3.05) is 6.54 Å². The van der Waals surface area contributed by atoms with Crippen LogP contribution in [-0.4, -0.2) is 32.6 Å². The molecule has 154 valence electrons. The number of carbonyl (C=O) groups is 1. The lowest BCUT2D eigenvalue weighted by atomic mass is 10.1. The van der Waals surface area contributed by atoms with Crippen molar-refractivity contribution in [2.24, 2.45) is 5.73 Å². The van der Waals surface area contributed by atoms with Crippen molar-refractivity contribution in [3.63, 3.8) is 0 Å². The Morgan fingerprint density at radius 1 is 1.28 bits per heavy atom. The number of H-pyrrole nitrogens is 1. The molecule has 1 unspecified atom stereocenters. The zero-order chi connectivity index (χ0) is 21.1. The Hall–Kier alpha value is -2.37. The Kier molecular flexibility index (Phi) is 6.60. The molecule has 1 atom stereocenters. The smallest absolute Gasteiger partial charge is 0.268 e. The van der Waals surface area contributed by atoms with E-state index in [4.69, 9.17) is 17.3 Å². The van der Waals surface area contributed by atoms with Crippen molar-refractivity contribution in [1.29, 1.82) is 0 Å². The number of aromatic amines is 1. The predicted octanol–water partition coefficient (Wildman–Crippen LogP) is 2.48. The molecule has 0 aliphatic heterocycles. The number of thiazole rings is 1. The molecule has 0 saturated carbocycles. The second-order valence-corrected chi connectivity index (χ2v) is 7.53. The van der Waals surface area contributed by atoms with Crippen LogP contribution in [0.25, 0.3) is 11.3 Å². The SMILES string of the molecule is NCC(NC(=O)c1ccc(-c2cc(F)c(Cl)c(F)c2)[nH]1)c1nc(CO)c(CO)s1. The second-order valence-electron chi connectivity index (χ2n) is 6.04. The van der Waals surface area contributed by atoms with Gasteiger partial charge in [-0.3, -0.25) is 4.79 Å². The van der Waals surface area contributed by atoms with Crippen molar-refractivity contribution in [3.8, 4) is 11.3 Å². The van der Waals surface area contributed by atoms with Crippen molar-refractivity contribution < 1.29 is 23.8 Å². The summed E-state index contributed by atoms with van der Waals surface area (Å²) in [5.74, 6) is -2.32. The molecule has 0 bridgehead atoms. The van der Waals surface area contributed by atoms with Crippen molar-refractivity contribution in [2.45, 2.75) is 19.3 Å². The van der Waals surface area contributed by atoms with Gasteiger partial charge >= 0.3 is 0 Å². The molecule has 2 aromatic heterocycles. The van der Waals surface area contributed by atoms with E-state index in [1.807, 2.05) is 0 Å². The van der Waals surface area contributed by atoms with Gasteiger partial charge in [0.05, 0.1) is 29.8 Å². The van der Waals surface area contributed by atoms with E-state index in [1.165, 1.54) is 12.1 Å². The number of hydrogen-bond donors (Lipinski definition) is 5. The lowest BCUT2D eigenvalue weighted by molar-refractivity contribution is 0.0933. The molecule has 0 aliphatic carbocycles. The number of aromatic nitrogens is 2. The standard InChI is InChI=1S/C18H17ClF2N4O3S/c19-16-9(20)3-8(4-10(16)21)11-1-2-12(23-11)17(28)24-13(5-22)18-25-14(6-26)15(7-27)29-18/h1-4,13,23,26-27H,5-7,22H2,(H,24,28). The Balaban J connectivity index is 1.80. The largest absolute Gasteiger partial charge is 0.391 e. The number of nitrogens with two attached hydrogens (primary N) is 1. The van der Waals surface area contributed by atoms with E-state index in [0.29, 0.717) is 21.3 Å². The third-order valence-corrected chi connectivity index (χ3v) is 5.71. The van der Waals surface area contributed by atoms with E-state index in [9.17, 15) is 23.8 Å². The quantitative estimate of drug-likeness (QED) is 0.359. The lowest BCUT2D eigenvalue weighted by Crippen LogP contribution is -2.33. The van der Waals surface area contributed by atoms with Crippen LogP contribution in [0.4, 0.5) is 8.78 Å². The van der Waals surface area contributed by atoms with Crippen molar-refractivity contribution in [3.05, 3.63) is 62.2 Å². The number of amides is 1. The van der Waals surface area contributed by atoms with Crippen LogP contribution < -0.4 is 11.1 Å². The first kappa shape index (κ1) is 21.3. The van der Waals surface area contributed by atoms with Crippen LogP contribution in [0.3, 0.4) is 0 Å². The molecule has 11 heteroatoms. The van der Waals surface area contributed by atoms with E-state index in [2.05, 4.69) is 15.3 Å².